The summed E-state index contributed by atoms with van der Waals surface area (Å²) in [7, 11) is 0. The van der Waals surface area contributed by atoms with Gasteiger partial charge in [0.1, 0.15) is 0 Å². The van der Waals surface area contributed by atoms with Crippen LogP contribution in [0.3, 0.4) is 0 Å². The number of carbonyl (C=O) groups is 1. The van der Waals surface area contributed by atoms with Gasteiger partial charge in [-0.3, -0.25) is 0 Å². The first-order chi connectivity index (χ1) is 8.36. The van der Waals surface area contributed by atoms with Crippen LogP contribution in [0.2, 0.25) is 0 Å². The van der Waals surface area contributed by atoms with E-state index in [-0.39, 0.29) is 6.10 Å². The minimum absolute atomic E-state index is 0.116. The SMILES string of the molecule is CC(C)(C)C1CCN(CC2CCC(C(=O)O)O2)C1. The molecule has 0 aliphatic carbocycles. The van der Waals surface area contributed by atoms with E-state index in [9.17, 15) is 4.79 Å². The van der Waals surface area contributed by atoms with Crippen molar-refractivity contribution in [2.75, 3.05) is 19.6 Å². The van der Waals surface area contributed by atoms with Gasteiger partial charge in [-0.05, 0) is 37.1 Å². The highest BCUT2D eigenvalue weighted by molar-refractivity contribution is 5.72. The van der Waals surface area contributed by atoms with Gasteiger partial charge in [0.05, 0.1) is 6.10 Å². The summed E-state index contributed by atoms with van der Waals surface area (Å²) < 4.78 is 5.56. The Kier molecular flexibility index (Phi) is 3.97. The van der Waals surface area contributed by atoms with E-state index in [0.717, 1.165) is 32.0 Å². The second-order valence-corrected chi connectivity index (χ2v) is 6.77. The summed E-state index contributed by atoms with van der Waals surface area (Å²) in [5.41, 5.74) is 0.370. The van der Waals surface area contributed by atoms with E-state index in [1.807, 2.05) is 0 Å². The lowest BCUT2D eigenvalue weighted by Crippen LogP contribution is -2.33. The summed E-state index contributed by atoms with van der Waals surface area (Å²) in [5, 5.41) is 8.90. The van der Waals surface area contributed by atoms with E-state index in [4.69, 9.17) is 9.84 Å². The van der Waals surface area contributed by atoms with E-state index in [0.29, 0.717) is 11.8 Å². The number of rotatable bonds is 3. The van der Waals surface area contributed by atoms with Crippen molar-refractivity contribution in [1.82, 2.24) is 4.90 Å². The Morgan fingerprint density at radius 2 is 2.06 bits per heavy atom. The summed E-state index contributed by atoms with van der Waals surface area (Å²) >= 11 is 0. The van der Waals surface area contributed by atoms with Crippen LogP contribution in [-0.2, 0) is 9.53 Å². The van der Waals surface area contributed by atoms with Crippen molar-refractivity contribution < 1.29 is 14.6 Å². The molecule has 0 aromatic carbocycles. The van der Waals surface area contributed by atoms with E-state index < -0.39 is 12.1 Å². The zero-order chi connectivity index (χ0) is 13.3. The number of carboxylic acid groups (broad SMARTS) is 1. The Balaban J connectivity index is 1.77. The summed E-state index contributed by atoms with van der Waals surface area (Å²) in [4.78, 5) is 13.3. The molecular formula is C14H25NO3. The van der Waals surface area contributed by atoms with Gasteiger partial charge < -0.3 is 14.7 Å². The molecule has 2 aliphatic rings. The molecular weight excluding hydrogens is 230 g/mol. The Morgan fingerprint density at radius 3 is 2.56 bits per heavy atom. The molecule has 0 aromatic heterocycles. The fourth-order valence-electron chi connectivity index (χ4n) is 3.01. The smallest absolute Gasteiger partial charge is 0.332 e. The topological polar surface area (TPSA) is 49.8 Å². The molecule has 3 unspecified atom stereocenters. The Hall–Kier alpha value is -0.610. The predicted molar refractivity (Wildman–Crippen MR) is 69.5 cm³/mol. The third-order valence-corrected chi connectivity index (χ3v) is 4.34. The van der Waals surface area contributed by atoms with Crippen LogP contribution >= 0.6 is 0 Å². The van der Waals surface area contributed by atoms with Gasteiger partial charge in [-0.15, -0.1) is 0 Å². The maximum Gasteiger partial charge on any atom is 0.332 e. The van der Waals surface area contributed by atoms with Gasteiger partial charge in [-0.1, -0.05) is 20.8 Å². The van der Waals surface area contributed by atoms with Gasteiger partial charge in [0.15, 0.2) is 6.10 Å². The van der Waals surface area contributed by atoms with Crippen LogP contribution in [0.15, 0.2) is 0 Å². The summed E-state index contributed by atoms with van der Waals surface area (Å²) in [6.45, 7) is 10.0. The third-order valence-electron chi connectivity index (χ3n) is 4.34. The van der Waals surface area contributed by atoms with Crippen LogP contribution in [0.4, 0.5) is 0 Å². The van der Waals surface area contributed by atoms with E-state index >= 15 is 0 Å². The molecule has 2 heterocycles. The molecule has 104 valence electrons. The van der Waals surface area contributed by atoms with Gasteiger partial charge in [-0.2, -0.15) is 0 Å². The molecule has 2 fully saturated rings. The number of likely N-dealkylation sites (tertiary alicyclic amines) is 1. The van der Waals surface area contributed by atoms with Gasteiger partial charge in [0, 0.05) is 13.1 Å². The second kappa shape index (κ2) is 5.17. The molecule has 2 rings (SSSR count). The molecule has 1 N–H and O–H groups in total. The molecule has 0 aromatic rings. The molecule has 2 saturated heterocycles. The van der Waals surface area contributed by atoms with Crippen LogP contribution < -0.4 is 0 Å². The highest BCUT2D eigenvalue weighted by Gasteiger charge is 2.35. The van der Waals surface area contributed by atoms with Gasteiger partial charge in [-0.25, -0.2) is 4.79 Å². The van der Waals surface area contributed by atoms with Crippen LogP contribution in [0.5, 0.6) is 0 Å². The molecule has 18 heavy (non-hydrogen) atoms. The van der Waals surface area contributed by atoms with E-state index in [1.54, 1.807) is 0 Å². The quantitative estimate of drug-likeness (QED) is 0.838. The monoisotopic (exact) mass is 255 g/mol. The molecule has 4 nitrogen and oxygen atoms in total. The molecule has 2 aliphatic heterocycles. The van der Waals surface area contributed by atoms with Gasteiger partial charge in [0.2, 0.25) is 0 Å². The Bertz CT molecular complexity index is 311. The van der Waals surface area contributed by atoms with Gasteiger partial charge >= 0.3 is 5.97 Å². The highest BCUT2D eigenvalue weighted by Crippen LogP contribution is 2.34. The first-order valence-corrected chi connectivity index (χ1v) is 6.97. The predicted octanol–water partition coefficient (Wildman–Crippen LogP) is 1.99. The summed E-state index contributed by atoms with van der Waals surface area (Å²) in [5.74, 6) is -0.0688. The number of ether oxygens (including phenoxy) is 1. The minimum atomic E-state index is -0.813. The molecule has 0 spiro atoms. The molecule has 0 radical (unpaired) electrons. The molecule has 0 saturated carbocycles. The first-order valence-electron chi connectivity index (χ1n) is 6.97. The lowest BCUT2D eigenvalue weighted by molar-refractivity contribution is -0.149. The van der Waals surface area contributed by atoms with Crippen LogP contribution in [0, 0.1) is 11.3 Å². The second-order valence-electron chi connectivity index (χ2n) is 6.77. The average molecular weight is 255 g/mol. The van der Waals surface area contributed by atoms with Crippen molar-refractivity contribution in [3.63, 3.8) is 0 Å². The van der Waals surface area contributed by atoms with Crippen molar-refractivity contribution in [1.29, 1.82) is 0 Å². The molecule has 0 amide bonds. The first kappa shape index (κ1) is 13.8. The number of aliphatic carboxylic acids is 1. The van der Waals surface area contributed by atoms with Crippen molar-refractivity contribution in [2.24, 2.45) is 11.3 Å². The average Bonchev–Trinajstić information content (AvgIpc) is 2.85. The zero-order valence-electron chi connectivity index (χ0n) is 11.7. The fraction of sp³-hybridized carbons (Fsp3) is 0.929. The summed E-state index contributed by atoms with van der Waals surface area (Å²) in [6.07, 6.45) is 2.34. The normalized spacial score (nSPS) is 34.1. The maximum atomic E-state index is 10.8. The van der Waals surface area contributed by atoms with E-state index in [1.165, 1.54) is 6.42 Å². The standard InChI is InChI=1S/C14H25NO3/c1-14(2,3)10-6-7-15(8-10)9-11-4-5-12(18-11)13(16)17/h10-12H,4-9H2,1-3H3,(H,16,17). The van der Waals surface area contributed by atoms with Crippen LogP contribution in [-0.4, -0.2) is 47.8 Å². The van der Waals surface area contributed by atoms with Crippen molar-refractivity contribution >= 4 is 5.97 Å². The number of nitrogens with zero attached hydrogens (tertiary/aromatic N) is 1. The van der Waals surface area contributed by atoms with Crippen LogP contribution in [0.25, 0.3) is 0 Å². The van der Waals surface area contributed by atoms with Gasteiger partial charge in [0.25, 0.3) is 0 Å². The number of hydrogen-bond acceptors (Lipinski definition) is 3. The zero-order valence-corrected chi connectivity index (χ0v) is 11.7. The largest absolute Gasteiger partial charge is 0.479 e. The fourth-order valence-corrected chi connectivity index (χ4v) is 3.01. The Labute approximate surface area is 109 Å². The van der Waals surface area contributed by atoms with Crippen molar-refractivity contribution in [3.8, 4) is 0 Å². The highest BCUT2D eigenvalue weighted by atomic mass is 16.5. The Morgan fingerprint density at radius 1 is 1.33 bits per heavy atom. The molecule has 4 heteroatoms. The van der Waals surface area contributed by atoms with E-state index in [2.05, 4.69) is 25.7 Å². The third kappa shape index (κ3) is 3.23. The number of hydrogen-bond donors (Lipinski definition) is 1. The summed E-state index contributed by atoms with van der Waals surface area (Å²) in [6, 6.07) is 0. The lowest BCUT2D eigenvalue weighted by atomic mass is 9.80. The van der Waals surface area contributed by atoms with Crippen molar-refractivity contribution in [3.05, 3.63) is 0 Å². The molecule has 0 bridgehead atoms. The van der Waals surface area contributed by atoms with Crippen LogP contribution in [0.1, 0.15) is 40.0 Å². The van der Waals surface area contributed by atoms with Crippen molar-refractivity contribution in [2.45, 2.75) is 52.2 Å². The number of carboxylic acids is 1. The lowest BCUT2D eigenvalue weighted by Gasteiger charge is -2.27. The maximum absolute atomic E-state index is 10.8. The molecule has 3 atom stereocenters. The minimum Gasteiger partial charge on any atom is -0.479 e.